The fourth-order valence-electron chi connectivity index (χ4n) is 8.23. The molecule has 0 radical (unpaired) electrons. The van der Waals surface area contributed by atoms with Crippen LogP contribution in [0.1, 0.15) is 60.1 Å². The van der Waals surface area contributed by atoms with Crippen molar-refractivity contribution in [1.29, 1.82) is 0 Å². The van der Waals surface area contributed by atoms with Gasteiger partial charge in [-0.1, -0.05) is 30.3 Å². The lowest BCUT2D eigenvalue weighted by molar-refractivity contribution is -0.00793. The van der Waals surface area contributed by atoms with Crippen molar-refractivity contribution in [3.8, 4) is 5.69 Å². The lowest BCUT2D eigenvalue weighted by Gasteiger charge is -2.56. The Morgan fingerprint density at radius 2 is 1.53 bits per heavy atom. The number of nitrogens with zero attached hydrogens (tertiary/aromatic N) is 4. The minimum atomic E-state index is -0.816. The van der Waals surface area contributed by atoms with Crippen molar-refractivity contribution in [3.05, 3.63) is 83.2 Å². The first-order valence-electron chi connectivity index (χ1n) is 14.1. The molecule has 1 aromatic heterocycles. The highest BCUT2D eigenvalue weighted by Gasteiger charge is 2.54. The Kier molecular flexibility index (Phi) is 5.87. The zero-order valence-corrected chi connectivity index (χ0v) is 21.7. The van der Waals surface area contributed by atoms with Gasteiger partial charge in [-0.05, 0) is 74.5 Å². The summed E-state index contributed by atoms with van der Waals surface area (Å²) in [6.07, 6.45) is 9.44. The highest BCUT2D eigenvalue weighted by molar-refractivity contribution is 5.95. The molecule has 4 aliphatic carbocycles. The number of benzene rings is 2. The van der Waals surface area contributed by atoms with E-state index in [1.807, 2.05) is 46.1 Å². The van der Waals surface area contributed by atoms with Crippen LogP contribution < -0.4 is 0 Å². The smallest absolute Gasteiger partial charge is 0.257 e. The van der Waals surface area contributed by atoms with Crippen molar-refractivity contribution in [2.24, 2.45) is 17.8 Å². The SMILES string of the molecule is O=C(c1cn(-c2ccccc2)nc1C12CC3CC(CC(C3)C1)C2)N1CCN(Cc2cccc(F)c2F)CC1. The molecule has 5 aliphatic rings. The van der Waals surface area contributed by atoms with E-state index in [1.165, 1.54) is 19.3 Å². The van der Waals surface area contributed by atoms with E-state index < -0.39 is 11.6 Å². The molecule has 5 fully saturated rings. The van der Waals surface area contributed by atoms with Crippen LogP contribution in [-0.4, -0.2) is 51.7 Å². The van der Waals surface area contributed by atoms with Gasteiger partial charge in [0.05, 0.1) is 16.9 Å². The normalized spacial score (nSPS) is 28.7. The summed E-state index contributed by atoms with van der Waals surface area (Å²) in [6.45, 7) is 2.72. The number of rotatable bonds is 5. The van der Waals surface area contributed by atoms with Crippen LogP contribution in [0.2, 0.25) is 0 Å². The molecule has 1 saturated heterocycles. The van der Waals surface area contributed by atoms with E-state index in [-0.39, 0.29) is 11.3 Å². The van der Waals surface area contributed by atoms with Crippen LogP contribution in [0.5, 0.6) is 0 Å². The maximum atomic E-state index is 14.2. The molecule has 4 saturated carbocycles. The van der Waals surface area contributed by atoms with E-state index in [1.54, 1.807) is 12.1 Å². The lowest BCUT2D eigenvalue weighted by Crippen LogP contribution is -2.51. The molecule has 5 nitrogen and oxygen atoms in total. The third-order valence-electron chi connectivity index (χ3n) is 9.59. The number of amides is 1. The van der Waals surface area contributed by atoms with E-state index in [0.717, 1.165) is 60.0 Å². The average molecular weight is 517 g/mol. The van der Waals surface area contributed by atoms with Gasteiger partial charge in [-0.3, -0.25) is 9.69 Å². The molecular formula is C31H34F2N4O. The molecule has 2 heterocycles. The van der Waals surface area contributed by atoms with Crippen molar-refractivity contribution in [2.75, 3.05) is 26.2 Å². The first kappa shape index (κ1) is 24.0. The Bertz CT molecular complexity index is 1310. The predicted octanol–water partition coefficient (Wildman–Crippen LogP) is 5.58. The monoisotopic (exact) mass is 516 g/mol. The maximum Gasteiger partial charge on any atom is 0.257 e. The van der Waals surface area contributed by atoms with Crippen molar-refractivity contribution < 1.29 is 13.6 Å². The Morgan fingerprint density at radius 3 is 2.18 bits per heavy atom. The first-order chi connectivity index (χ1) is 18.5. The number of piperazine rings is 1. The van der Waals surface area contributed by atoms with Crippen LogP contribution in [-0.2, 0) is 12.0 Å². The van der Waals surface area contributed by atoms with E-state index in [0.29, 0.717) is 38.3 Å². The van der Waals surface area contributed by atoms with Crippen LogP contribution in [0.4, 0.5) is 8.78 Å². The van der Waals surface area contributed by atoms with Gasteiger partial charge in [-0.2, -0.15) is 5.10 Å². The number of carbonyl (C=O) groups is 1. The lowest BCUT2D eigenvalue weighted by atomic mass is 9.48. The Balaban J connectivity index is 1.15. The molecule has 8 rings (SSSR count). The van der Waals surface area contributed by atoms with Gasteiger partial charge in [0, 0.05) is 49.9 Å². The summed E-state index contributed by atoms with van der Waals surface area (Å²) in [7, 11) is 0. The highest BCUT2D eigenvalue weighted by Crippen LogP contribution is 2.61. The van der Waals surface area contributed by atoms with Gasteiger partial charge in [0.25, 0.3) is 5.91 Å². The number of halogens is 2. The number of para-hydroxylation sites is 1. The minimum absolute atomic E-state index is 0.0104. The molecule has 7 heteroatoms. The number of carbonyl (C=O) groups excluding carboxylic acids is 1. The predicted molar refractivity (Wildman–Crippen MR) is 141 cm³/mol. The second kappa shape index (κ2) is 9.30. The van der Waals surface area contributed by atoms with Crippen molar-refractivity contribution >= 4 is 5.91 Å². The van der Waals surface area contributed by atoms with E-state index in [4.69, 9.17) is 5.10 Å². The standard InChI is InChI=1S/C31H34F2N4O/c32-27-8-4-5-24(28(27)33)19-35-9-11-36(12-10-35)30(38)26-20-37(25-6-2-1-3-7-25)34-29(26)31-16-21-13-22(17-31)15-23(14-21)18-31/h1-8,20-23H,9-19H2. The number of aromatic nitrogens is 2. The first-order valence-corrected chi connectivity index (χ1v) is 14.1. The van der Waals surface area contributed by atoms with Crippen LogP contribution in [0.15, 0.2) is 54.7 Å². The molecule has 1 amide bonds. The van der Waals surface area contributed by atoms with Crippen LogP contribution >= 0.6 is 0 Å². The molecule has 3 aromatic rings. The molecule has 4 bridgehead atoms. The molecular weight excluding hydrogens is 482 g/mol. The van der Waals surface area contributed by atoms with Crippen LogP contribution in [0.3, 0.4) is 0 Å². The maximum absolute atomic E-state index is 14.2. The molecule has 2 aromatic carbocycles. The molecule has 1 aliphatic heterocycles. The summed E-state index contributed by atoms with van der Waals surface area (Å²) in [5, 5.41) is 5.16. The van der Waals surface area contributed by atoms with Gasteiger partial charge in [-0.15, -0.1) is 0 Å². The molecule has 0 N–H and O–H groups in total. The van der Waals surface area contributed by atoms with Gasteiger partial charge in [0.1, 0.15) is 0 Å². The molecule has 0 atom stereocenters. The van der Waals surface area contributed by atoms with Crippen molar-refractivity contribution in [1.82, 2.24) is 19.6 Å². The molecule has 198 valence electrons. The number of hydrogen-bond acceptors (Lipinski definition) is 3. The van der Waals surface area contributed by atoms with Crippen molar-refractivity contribution in [3.63, 3.8) is 0 Å². The zero-order valence-electron chi connectivity index (χ0n) is 21.7. The van der Waals surface area contributed by atoms with Crippen molar-refractivity contribution in [2.45, 2.75) is 50.5 Å². The summed E-state index contributed by atoms with van der Waals surface area (Å²) in [4.78, 5) is 18.1. The van der Waals surface area contributed by atoms with Crippen LogP contribution in [0.25, 0.3) is 5.69 Å². The van der Waals surface area contributed by atoms with Crippen LogP contribution in [0, 0.1) is 29.4 Å². The number of hydrogen-bond donors (Lipinski definition) is 0. The minimum Gasteiger partial charge on any atom is -0.336 e. The molecule has 0 spiro atoms. The van der Waals surface area contributed by atoms with Gasteiger partial charge in [-0.25, -0.2) is 13.5 Å². The Hall–Kier alpha value is -3.06. The fourth-order valence-corrected chi connectivity index (χ4v) is 8.23. The van der Waals surface area contributed by atoms with E-state index in [2.05, 4.69) is 4.90 Å². The van der Waals surface area contributed by atoms with E-state index >= 15 is 0 Å². The summed E-state index contributed by atoms with van der Waals surface area (Å²) in [5.74, 6) is 0.742. The summed E-state index contributed by atoms with van der Waals surface area (Å²) >= 11 is 0. The average Bonchev–Trinajstić information content (AvgIpc) is 3.38. The van der Waals surface area contributed by atoms with Gasteiger partial charge in [0.2, 0.25) is 0 Å². The third-order valence-corrected chi connectivity index (χ3v) is 9.59. The summed E-state index contributed by atoms with van der Waals surface area (Å²) in [6, 6.07) is 14.4. The Labute approximate surface area is 222 Å². The largest absolute Gasteiger partial charge is 0.336 e. The fraction of sp³-hybridized carbons (Fsp3) is 0.484. The van der Waals surface area contributed by atoms with Gasteiger partial charge < -0.3 is 4.90 Å². The second-order valence-corrected chi connectivity index (χ2v) is 12.2. The zero-order chi connectivity index (χ0) is 25.9. The van der Waals surface area contributed by atoms with Gasteiger partial charge >= 0.3 is 0 Å². The molecule has 0 unspecified atom stereocenters. The summed E-state index contributed by atoms with van der Waals surface area (Å²) in [5.41, 5.74) is 3.10. The quantitative estimate of drug-likeness (QED) is 0.445. The molecule has 38 heavy (non-hydrogen) atoms. The third kappa shape index (κ3) is 4.15. The topological polar surface area (TPSA) is 41.4 Å². The second-order valence-electron chi connectivity index (χ2n) is 12.2. The van der Waals surface area contributed by atoms with Gasteiger partial charge in [0.15, 0.2) is 11.6 Å². The summed E-state index contributed by atoms with van der Waals surface area (Å²) < 4.78 is 29.8. The van der Waals surface area contributed by atoms with E-state index in [9.17, 15) is 13.6 Å². The highest BCUT2D eigenvalue weighted by atomic mass is 19.2. The Morgan fingerprint density at radius 1 is 0.868 bits per heavy atom.